The van der Waals surface area contributed by atoms with Gasteiger partial charge < -0.3 is 4.90 Å². The Balaban J connectivity index is 2.76. The number of nitrogens with zero attached hydrogens (tertiary/aromatic N) is 5. The zero-order chi connectivity index (χ0) is 8.27. The molecule has 0 saturated heterocycles. The van der Waals surface area contributed by atoms with E-state index in [4.69, 9.17) is 0 Å². The molecular formula is C6H11N5. The summed E-state index contributed by atoms with van der Waals surface area (Å²) >= 11 is 0. The highest BCUT2D eigenvalue weighted by Gasteiger charge is 2.02. The molecule has 0 amide bonds. The van der Waals surface area contributed by atoms with Gasteiger partial charge in [-0.05, 0) is 24.5 Å². The molecule has 5 heteroatoms. The molecule has 0 saturated carbocycles. The predicted octanol–water partition coefficient (Wildman–Crippen LogP) is -0.165. The lowest BCUT2D eigenvalue weighted by Crippen LogP contribution is -2.14. The Hall–Kier alpha value is -1.23. The third kappa shape index (κ3) is 1.84. The molecule has 11 heavy (non-hydrogen) atoms. The van der Waals surface area contributed by atoms with Crippen LogP contribution in [0.25, 0.3) is 6.20 Å². The van der Waals surface area contributed by atoms with Crippen LogP contribution in [0.1, 0.15) is 5.82 Å². The van der Waals surface area contributed by atoms with Gasteiger partial charge >= 0.3 is 0 Å². The zero-order valence-electron chi connectivity index (χ0n) is 6.73. The van der Waals surface area contributed by atoms with Crippen molar-refractivity contribution in [1.82, 2.24) is 25.1 Å². The summed E-state index contributed by atoms with van der Waals surface area (Å²) in [5.41, 5.74) is 0. The average molecular weight is 153 g/mol. The second kappa shape index (κ2) is 3.25. The first-order valence-corrected chi connectivity index (χ1v) is 3.28. The number of tetrazole rings is 1. The lowest BCUT2D eigenvalue weighted by Gasteiger charge is -2.06. The summed E-state index contributed by atoms with van der Waals surface area (Å²) < 4.78 is 1.56. The zero-order valence-corrected chi connectivity index (χ0v) is 6.73. The van der Waals surface area contributed by atoms with E-state index in [1.807, 2.05) is 19.0 Å². The maximum absolute atomic E-state index is 3.82. The van der Waals surface area contributed by atoms with Crippen LogP contribution in [-0.2, 0) is 6.54 Å². The van der Waals surface area contributed by atoms with Gasteiger partial charge in [-0.1, -0.05) is 6.58 Å². The minimum absolute atomic E-state index is 0.721. The van der Waals surface area contributed by atoms with Gasteiger partial charge in [-0.25, -0.2) is 4.68 Å². The number of aromatic nitrogens is 4. The third-order valence-electron chi connectivity index (χ3n) is 1.19. The Morgan fingerprint density at radius 1 is 1.64 bits per heavy atom. The lowest BCUT2D eigenvalue weighted by molar-refractivity contribution is 0.387. The fourth-order valence-electron chi connectivity index (χ4n) is 0.741. The van der Waals surface area contributed by atoms with E-state index in [0.717, 1.165) is 12.4 Å². The average Bonchev–Trinajstić information content (AvgIpc) is 2.34. The molecule has 0 spiro atoms. The van der Waals surface area contributed by atoms with Crippen LogP contribution in [0.3, 0.4) is 0 Å². The Bertz CT molecular complexity index is 239. The van der Waals surface area contributed by atoms with E-state index in [-0.39, 0.29) is 0 Å². The Morgan fingerprint density at radius 3 is 2.91 bits per heavy atom. The second-order valence-electron chi connectivity index (χ2n) is 2.46. The van der Waals surface area contributed by atoms with Crippen molar-refractivity contribution in [2.24, 2.45) is 0 Å². The van der Waals surface area contributed by atoms with Gasteiger partial charge in [0.1, 0.15) is 0 Å². The molecule has 1 heterocycles. The summed E-state index contributed by atoms with van der Waals surface area (Å²) in [6.45, 7) is 4.29. The molecule has 0 bridgehead atoms. The highest BCUT2D eigenvalue weighted by atomic mass is 15.5. The smallest absolute Gasteiger partial charge is 0.169 e. The van der Waals surface area contributed by atoms with Crippen LogP contribution < -0.4 is 0 Å². The minimum Gasteiger partial charge on any atom is -0.302 e. The van der Waals surface area contributed by atoms with Crippen LogP contribution in [0.5, 0.6) is 0 Å². The minimum atomic E-state index is 0.721. The molecule has 1 rings (SSSR count). The van der Waals surface area contributed by atoms with E-state index in [9.17, 15) is 0 Å². The van der Waals surface area contributed by atoms with E-state index in [0.29, 0.717) is 0 Å². The van der Waals surface area contributed by atoms with E-state index in [1.165, 1.54) is 0 Å². The maximum atomic E-state index is 3.82. The molecule has 0 aromatic carbocycles. The van der Waals surface area contributed by atoms with Crippen molar-refractivity contribution in [3.63, 3.8) is 0 Å². The Kier molecular flexibility index (Phi) is 2.32. The highest BCUT2D eigenvalue weighted by Crippen LogP contribution is 1.94. The second-order valence-corrected chi connectivity index (χ2v) is 2.46. The quantitative estimate of drug-likeness (QED) is 0.605. The third-order valence-corrected chi connectivity index (χ3v) is 1.19. The van der Waals surface area contributed by atoms with E-state index < -0.39 is 0 Å². The SMILES string of the molecule is C=Cn1nnnc1CN(C)C. The summed E-state index contributed by atoms with van der Waals surface area (Å²) in [5, 5.41) is 11.0. The Morgan fingerprint density at radius 2 is 2.36 bits per heavy atom. The van der Waals surface area contributed by atoms with Crippen molar-refractivity contribution in [2.45, 2.75) is 6.54 Å². The topological polar surface area (TPSA) is 46.8 Å². The van der Waals surface area contributed by atoms with Crippen molar-refractivity contribution in [1.29, 1.82) is 0 Å². The summed E-state index contributed by atoms with van der Waals surface area (Å²) in [5.74, 6) is 0.796. The predicted molar refractivity (Wildman–Crippen MR) is 41.6 cm³/mol. The molecule has 0 atom stereocenters. The van der Waals surface area contributed by atoms with Gasteiger partial charge in [0.05, 0.1) is 6.54 Å². The molecule has 0 unspecified atom stereocenters. The molecule has 0 aliphatic rings. The monoisotopic (exact) mass is 153 g/mol. The molecule has 1 aromatic heterocycles. The van der Waals surface area contributed by atoms with Gasteiger partial charge in [-0.15, -0.1) is 5.10 Å². The van der Waals surface area contributed by atoms with Gasteiger partial charge in [-0.3, -0.25) is 0 Å². The van der Waals surface area contributed by atoms with Crippen molar-refractivity contribution in [3.05, 3.63) is 12.4 Å². The number of hydrogen-bond acceptors (Lipinski definition) is 4. The van der Waals surface area contributed by atoms with Crippen LogP contribution in [0.4, 0.5) is 0 Å². The Labute approximate surface area is 65.3 Å². The van der Waals surface area contributed by atoms with Crippen molar-refractivity contribution < 1.29 is 0 Å². The van der Waals surface area contributed by atoms with Crippen molar-refractivity contribution >= 4 is 6.20 Å². The fourth-order valence-corrected chi connectivity index (χ4v) is 0.741. The van der Waals surface area contributed by atoms with Crippen LogP contribution in [0.15, 0.2) is 6.58 Å². The van der Waals surface area contributed by atoms with E-state index in [2.05, 4.69) is 22.1 Å². The molecule has 1 aromatic rings. The first-order valence-electron chi connectivity index (χ1n) is 3.28. The highest BCUT2D eigenvalue weighted by molar-refractivity contribution is 5.14. The summed E-state index contributed by atoms with van der Waals surface area (Å²) in [7, 11) is 3.92. The first-order chi connectivity index (χ1) is 5.24. The van der Waals surface area contributed by atoms with Gasteiger partial charge in [0.2, 0.25) is 0 Å². The standard InChI is InChI=1S/C6H11N5/c1-4-11-6(5-10(2)3)7-8-9-11/h4H,1,5H2,2-3H3. The van der Waals surface area contributed by atoms with E-state index >= 15 is 0 Å². The van der Waals surface area contributed by atoms with Gasteiger partial charge in [-0.2, -0.15) is 0 Å². The van der Waals surface area contributed by atoms with Crippen molar-refractivity contribution in [2.75, 3.05) is 14.1 Å². The number of hydrogen-bond donors (Lipinski definition) is 0. The molecule has 0 N–H and O–H groups in total. The van der Waals surface area contributed by atoms with Crippen LogP contribution in [0, 0.1) is 0 Å². The summed E-state index contributed by atoms with van der Waals surface area (Å²) in [6, 6.07) is 0. The van der Waals surface area contributed by atoms with Crippen LogP contribution in [-0.4, -0.2) is 39.2 Å². The molecular weight excluding hydrogens is 142 g/mol. The first kappa shape index (κ1) is 7.87. The lowest BCUT2D eigenvalue weighted by atomic mass is 10.5. The van der Waals surface area contributed by atoms with Crippen LogP contribution in [0.2, 0.25) is 0 Å². The summed E-state index contributed by atoms with van der Waals surface area (Å²) in [6.07, 6.45) is 1.58. The molecule has 0 radical (unpaired) electrons. The fraction of sp³-hybridized carbons (Fsp3) is 0.500. The van der Waals surface area contributed by atoms with Gasteiger partial charge in [0.25, 0.3) is 0 Å². The molecule has 5 nitrogen and oxygen atoms in total. The van der Waals surface area contributed by atoms with Crippen LogP contribution >= 0.6 is 0 Å². The van der Waals surface area contributed by atoms with Gasteiger partial charge in [0.15, 0.2) is 5.82 Å². The molecule has 0 aliphatic carbocycles. The molecule has 0 aliphatic heterocycles. The summed E-state index contributed by atoms with van der Waals surface area (Å²) in [4.78, 5) is 1.99. The largest absolute Gasteiger partial charge is 0.302 e. The molecule has 0 fully saturated rings. The normalized spacial score (nSPS) is 10.5. The number of rotatable bonds is 3. The molecule has 60 valence electrons. The van der Waals surface area contributed by atoms with E-state index in [1.54, 1.807) is 10.9 Å². The van der Waals surface area contributed by atoms with Gasteiger partial charge in [0, 0.05) is 6.20 Å². The van der Waals surface area contributed by atoms with Crippen molar-refractivity contribution in [3.8, 4) is 0 Å². The maximum Gasteiger partial charge on any atom is 0.169 e.